The van der Waals surface area contributed by atoms with E-state index in [0.717, 1.165) is 41.3 Å². The molecule has 28 heavy (non-hydrogen) atoms. The summed E-state index contributed by atoms with van der Waals surface area (Å²) in [6.45, 7) is 6.46. The number of carbonyl (C=O) groups is 1. The van der Waals surface area contributed by atoms with Crippen molar-refractivity contribution in [1.82, 2.24) is 20.2 Å². The Labute approximate surface area is 165 Å². The van der Waals surface area contributed by atoms with Crippen LogP contribution in [0.1, 0.15) is 52.8 Å². The molecule has 1 aliphatic rings. The van der Waals surface area contributed by atoms with E-state index in [1.54, 1.807) is 6.26 Å². The molecule has 146 valence electrons. The lowest BCUT2D eigenvalue weighted by Crippen LogP contribution is -2.40. The van der Waals surface area contributed by atoms with Gasteiger partial charge in [-0.3, -0.25) is 9.69 Å². The van der Waals surface area contributed by atoms with Gasteiger partial charge in [-0.15, -0.1) is 0 Å². The summed E-state index contributed by atoms with van der Waals surface area (Å²) in [4.78, 5) is 24.3. The number of piperidine rings is 1. The van der Waals surface area contributed by atoms with Gasteiger partial charge in [0.05, 0.1) is 34.7 Å². The van der Waals surface area contributed by atoms with E-state index in [1.165, 1.54) is 19.3 Å². The number of nitrogens with zero attached hydrogens (tertiary/aromatic N) is 3. The quantitative estimate of drug-likeness (QED) is 0.731. The predicted octanol–water partition coefficient (Wildman–Crippen LogP) is 3.80. The molecule has 2 aromatic heterocycles. The molecular weight excluding hydrogens is 352 g/mol. The highest BCUT2D eigenvalue weighted by Crippen LogP contribution is 2.24. The van der Waals surface area contributed by atoms with Gasteiger partial charge in [0.15, 0.2) is 0 Å². The van der Waals surface area contributed by atoms with Gasteiger partial charge in [0.2, 0.25) is 0 Å². The highest BCUT2D eigenvalue weighted by atomic mass is 16.3. The van der Waals surface area contributed by atoms with Crippen molar-refractivity contribution in [2.24, 2.45) is 0 Å². The topological polar surface area (TPSA) is 71.3 Å². The molecule has 1 amide bonds. The number of likely N-dealkylation sites (tertiary alicyclic amines) is 1. The molecule has 1 N–H and O–H groups in total. The first-order valence-corrected chi connectivity index (χ1v) is 9.92. The first-order chi connectivity index (χ1) is 13.6. The van der Waals surface area contributed by atoms with Crippen LogP contribution in [0.15, 0.2) is 41.0 Å². The van der Waals surface area contributed by atoms with Gasteiger partial charge in [0.25, 0.3) is 5.91 Å². The van der Waals surface area contributed by atoms with Crippen LogP contribution < -0.4 is 5.32 Å². The highest BCUT2D eigenvalue weighted by Gasteiger charge is 2.25. The molecule has 1 atom stereocenters. The first-order valence-electron chi connectivity index (χ1n) is 9.92. The molecule has 1 unspecified atom stereocenters. The zero-order valence-electron chi connectivity index (χ0n) is 16.4. The summed E-state index contributed by atoms with van der Waals surface area (Å²) < 4.78 is 5.66. The summed E-state index contributed by atoms with van der Waals surface area (Å²) >= 11 is 0. The van der Waals surface area contributed by atoms with Gasteiger partial charge in [-0.1, -0.05) is 6.42 Å². The Balaban J connectivity index is 1.50. The Kier molecular flexibility index (Phi) is 5.39. The standard InChI is InChI=1S/C22H26N4O2/c1-15-16(2)25-19-13-17(8-9-18(19)24-15)22(27)23-14-20(21-7-6-12-28-21)26-10-4-3-5-11-26/h6-9,12-13,20H,3-5,10-11,14H2,1-2H3,(H,23,27). The van der Waals surface area contributed by atoms with Gasteiger partial charge < -0.3 is 9.73 Å². The lowest BCUT2D eigenvalue weighted by Gasteiger charge is -2.33. The minimum absolute atomic E-state index is 0.0596. The van der Waals surface area contributed by atoms with Crippen molar-refractivity contribution in [3.05, 3.63) is 59.3 Å². The van der Waals surface area contributed by atoms with Crippen LogP contribution in [0.25, 0.3) is 11.0 Å². The summed E-state index contributed by atoms with van der Waals surface area (Å²) in [5.41, 5.74) is 3.94. The van der Waals surface area contributed by atoms with Crippen molar-refractivity contribution in [1.29, 1.82) is 0 Å². The van der Waals surface area contributed by atoms with Crippen LogP contribution in [-0.2, 0) is 0 Å². The number of furan rings is 1. The third-order valence-electron chi connectivity index (χ3n) is 5.50. The molecule has 4 rings (SSSR count). The van der Waals surface area contributed by atoms with Crippen LogP contribution in [0.3, 0.4) is 0 Å². The Morgan fingerprint density at radius 3 is 2.57 bits per heavy atom. The van der Waals surface area contributed by atoms with E-state index < -0.39 is 0 Å². The van der Waals surface area contributed by atoms with Crippen LogP contribution in [0.4, 0.5) is 0 Å². The molecule has 3 aromatic rings. The number of hydrogen-bond acceptors (Lipinski definition) is 5. The summed E-state index contributed by atoms with van der Waals surface area (Å²) in [6, 6.07) is 9.43. The average molecular weight is 378 g/mol. The first kappa shape index (κ1) is 18.6. The molecule has 1 fully saturated rings. The predicted molar refractivity (Wildman–Crippen MR) is 108 cm³/mol. The van der Waals surface area contributed by atoms with E-state index in [2.05, 4.69) is 20.2 Å². The Bertz CT molecular complexity index is 962. The van der Waals surface area contributed by atoms with E-state index in [-0.39, 0.29) is 11.9 Å². The molecule has 6 nitrogen and oxygen atoms in total. The second-order valence-corrected chi connectivity index (χ2v) is 7.44. The van der Waals surface area contributed by atoms with E-state index in [0.29, 0.717) is 12.1 Å². The minimum atomic E-state index is -0.101. The summed E-state index contributed by atoms with van der Waals surface area (Å²) in [5.74, 6) is 0.799. The average Bonchev–Trinajstić information content (AvgIpc) is 3.24. The number of benzene rings is 1. The normalized spacial score (nSPS) is 16.2. The third kappa shape index (κ3) is 3.92. The fourth-order valence-corrected chi connectivity index (χ4v) is 3.78. The van der Waals surface area contributed by atoms with Crippen molar-refractivity contribution in [2.45, 2.75) is 39.2 Å². The number of hydrogen-bond donors (Lipinski definition) is 1. The second kappa shape index (κ2) is 8.10. The summed E-state index contributed by atoms with van der Waals surface area (Å²) in [5, 5.41) is 3.09. The minimum Gasteiger partial charge on any atom is -0.468 e. The molecular formula is C22H26N4O2. The Morgan fingerprint density at radius 2 is 1.86 bits per heavy atom. The zero-order valence-corrected chi connectivity index (χ0v) is 16.4. The van der Waals surface area contributed by atoms with Crippen molar-refractivity contribution in [3.63, 3.8) is 0 Å². The number of nitrogens with one attached hydrogen (secondary N) is 1. The molecule has 1 aliphatic heterocycles. The zero-order chi connectivity index (χ0) is 19.5. The van der Waals surface area contributed by atoms with E-state index in [9.17, 15) is 4.79 Å². The number of carbonyl (C=O) groups excluding carboxylic acids is 1. The number of rotatable bonds is 5. The van der Waals surface area contributed by atoms with Crippen molar-refractivity contribution < 1.29 is 9.21 Å². The molecule has 1 aromatic carbocycles. The lowest BCUT2D eigenvalue weighted by molar-refractivity contribution is 0.0914. The van der Waals surface area contributed by atoms with Gasteiger partial charge in [-0.2, -0.15) is 0 Å². The second-order valence-electron chi connectivity index (χ2n) is 7.44. The molecule has 0 saturated carbocycles. The highest BCUT2D eigenvalue weighted by molar-refractivity contribution is 5.97. The number of amides is 1. The number of fused-ring (bicyclic) bond motifs is 1. The fraction of sp³-hybridized carbons (Fsp3) is 0.409. The van der Waals surface area contributed by atoms with Crippen molar-refractivity contribution in [3.8, 4) is 0 Å². The molecule has 3 heterocycles. The third-order valence-corrected chi connectivity index (χ3v) is 5.50. The Hall–Kier alpha value is -2.73. The monoisotopic (exact) mass is 378 g/mol. The lowest BCUT2D eigenvalue weighted by atomic mass is 10.1. The van der Waals surface area contributed by atoms with E-state index >= 15 is 0 Å². The van der Waals surface area contributed by atoms with Gasteiger partial charge in [-0.25, -0.2) is 9.97 Å². The van der Waals surface area contributed by atoms with Gasteiger partial charge in [0, 0.05) is 12.1 Å². The van der Waals surface area contributed by atoms with Gasteiger partial charge in [0.1, 0.15) is 5.76 Å². The SMILES string of the molecule is Cc1nc2ccc(C(=O)NCC(c3ccco3)N3CCCCC3)cc2nc1C. The summed E-state index contributed by atoms with van der Waals surface area (Å²) in [6.07, 6.45) is 5.34. The van der Waals surface area contributed by atoms with E-state index in [4.69, 9.17) is 4.42 Å². The van der Waals surface area contributed by atoms with Gasteiger partial charge in [-0.05, 0) is 70.1 Å². The molecule has 0 radical (unpaired) electrons. The molecule has 6 heteroatoms. The fourth-order valence-electron chi connectivity index (χ4n) is 3.78. The number of aryl methyl sites for hydroxylation is 2. The van der Waals surface area contributed by atoms with Crippen molar-refractivity contribution >= 4 is 16.9 Å². The Morgan fingerprint density at radius 1 is 1.11 bits per heavy atom. The molecule has 0 spiro atoms. The van der Waals surface area contributed by atoms with Crippen LogP contribution in [0.5, 0.6) is 0 Å². The van der Waals surface area contributed by atoms with Crippen LogP contribution in [-0.4, -0.2) is 40.4 Å². The molecule has 0 bridgehead atoms. The number of aromatic nitrogens is 2. The molecule has 1 saturated heterocycles. The van der Waals surface area contributed by atoms with E-state index in [1.807, 2.05) is 44.2 Å². The van der Waals surface area contributed by atoms with Crippen LogP contribution in [0.2, 0.25) is 0 Å². The van der Waals surface area contributed by atoms with Crippen LogP contribution >= 0.6 is 0 Å². The maximum Gasteiger partial charge on any atom is 0.251 e. The molecule has 0 aliphatic carbocycles. The maximum absolute atomic E-state index is 12.8. The van der Waals surface area contributed by atoms with Crippen molar-refractivity contribution in [2.75, 3.05) is 19.6 Å². The van der Waals surface area contributed by atoms with Crippen LogP contribution in [0, 0.1) is 13.8 Å². The van der Waals surface area contributed by atoms with Gasteiger partial charge >= 0.3 is 0 Å². The smallest absolute Gasteiger partial charge is 0.251 e. The largest absolute Gasteiger partial charge is 0.468 e. The summed E-state index contributed by atoms with van der Waals surface area (Å²) in [7, 11) is 0. The maximum atomic E-state index is 12.8.